The van der Waals surface area contributed by atoms with Gasteiger partial charge in [-0.2, -0.15) is 0 Å². The second-order valence-corrected chi connectivity index (χ2v) is 5.70. The van der Waals surface area contributed by atoms with Crippen molar-refractivity contribution in [3.8, 4) is 5.75 Å². The van der Waals surface area contributed by atoms with Gasteiger partial charge in [-0.15, -0.1) is 0 Å². The van der Waals surface area contributed by atoms with Gasteiger partial charge in [0.05, 0.1) is 24.7 Å². The van der Waals surface area contributed by atoms with E-state index >= 15 is 0 Å². The monoisotopic (exact) mass is 277 g/mol. The fourth-order valence-corrected chi connectivity index (χ4v) is 2.56. The Morgan fingerprint density at radius 3 is 2.65 bits per heavy atom. The van der Waals surface area contributed by atoms with E-state index in [-0.39, 0.29) is 0 Å². The van der Waals surface area contributed by atoms with Gasteiger partial charge in [0.1, 0.15) is 5.75 Å². The lowest BCUT2D eigenvalue weighted by molar-refractivity contribution is 0.240. The van der Waals surface area contributed by atoms with Crippen LogP contribution in [0.1, 0.15) is 39.5 Å². The lowest BCUT2D eigenvalue weighted by Gasteiger charge is -2.31. The van der Waals surface area contributed by atoms with E-state index in [1.807, 2.05) is 12.4 Å². The number of hydrogen-bond acceptors (Lipinski definition) is 4. The second kappa shape index (κ2) is 7.48. The summed E-state index contributed by atoms with van der Waals surface area (Å²) in [7, 11) is 0. The molecule has 0 unspecified atom stereocenters. The Labute approximate surface area is 122 Å². The van der Waals surface area contributed by atoms with Crippen molar-refractivity contribution in [2.75, 3.05) is 24.6 Å². The molecule has 0 aromatic carbocycles. The molecular formula is C16H27N3O. The number of nitrogens with zero attached hydrogens (tertiary/aromatic N) is 2. The van der Waals surface area contributed by atoms with E-state index in [2.05, 4.69) is 29.8 Å². The Balaban J connectivity index is 1.93. The maximum Gasteiger partial charge on any atom is 0.139 e. The van der Waals surface area contributed by atoms with Gasteiger partial charge in [-0.1, -0.05) is 26.7 Å². The Hall–Kier alpha value is -1.29. The average molecular weight is 277 g/mol. The van der Waals surface area contributed by atoms with Crippen molar-refractivity contribution in [1.29, 1.82) is 0 Å². The molecule has 1 fully saturated rings. The highest BCUT2D eigenvalue weighted by atomic mass is 16.5. The maximum absolute atomic E-state index is 5.95. The molecule has 0 bridgehead atoms. The van der Waals surface area contributed by atoms with Crippen LogP contribution in [0.3, 0.4) is 0 Å². The van der Waals surface area contributed by atoms with E-state index in [4.69, 9.17) is 10.5 Å². The smallest absolute Gasteiger partial charge is 0.139 e. The summed E-state index contributed by atoms with van der Waals surface area (Å²) in [6.07, 6.45) is 8.15. The minimum absolute atomic E-state index is 0.355. The first-order chi connectivity index (χ1) is 9.72. The van der Waals surface area contributed by atoms with Crippen molar-refractivity contribution in [3.63, 3.8) is 0 Å². The molecule has 4 heteroatoms. The lowest BCUT2D eigenvalue weighted by atomic mass is 10.1. The Morgan fingerprint density at radius 1 is 1.30 bits per heavy atom. The van der Waals surface area contributed by atoms with Crippen molar-refractivity contribution in [3.05, 3.63) is 18.5 Å². The Bertz CT molecular complexity index is 398. The number of ether oxygens (including phenoxy) is 1. The normalized spacial score (nSPS) is 16.7. The van der Waals surface area contributed by atoms with Gasteiger partial charge in [-0.3, -0.25) is 4.98 Å². The second-order valence-electron chi connectivity index (χ2n) is 5.70. The van der Waals surface area contributed by atoms with Crippen molar-refractivity contribution >= 4 is 5.69 Å². The van der Waals surface area contributed by atoms with Crippen molar-refractivity contribution in [2.45, 2.75) is 45.6 Å². The molecule has 4 nitrogen and oxygen atoms in total. The number of nitrogens with two attached hydrogens (primary N) is 1. The van der Waals surface area contributed by atoms with Crippen LogP contribution in [0.25, 0.3) is 0 Å². The number of pyridine rings is 1. The molecule has 0 amide bonds. The van der Waals surface area contributed by atoms with Crippen LogP contribution in [0.4, 0.5) is 5.69 Å². The zero-order chi connectivity index (χ0) is 14.4. The zero-order valence-electron chi connectivity index (χ0n) is 12.7. The molecule has 112 valence electrons. The van der Waals surface area contributed by atoms with Gasteiger partial charge in [-0.05, 0) is 18.8 Å². The van der Waals surface area contributed by atoms with Crippen LogP contribution >= 0.6 is 0 Å². The van der Waals surface area contributed by atoms with E-state index in [1.54, 1.807) is 0 Å². The first-order valence-corrected chi connectivity index (χ1v) is 7.81. The van der Waals surface area contributed by atoms with Crippen molar-refractivity contribution in [1.82, 2.24) is 4.98 Å². The SMILES string of the molecule is CCC(CC)COc1cncc(N2CCC(N)CC2)c1. The molecule has 1 aromatic heterocycles. The third-order valence-electron chi connectivity index (χ3n) is 4.24. The quantitative estimate of drug-likeness (QED) is 0.868. The lowest BCUT2D eigenvalue weighted by Crippen LogP contribution is -2.39. The molecule has 0 saturated carbocycles. The summed E-state index contributed by atoms with van der Waals surface area (Å²) in [5, 5.41) is 0. The van der Waals surface area contributed by atoms with E-state index in [1.165, 1.54) is 0 Å². The molecule has 1 aromatic rings. The van der Waals surface area contributed by atoms with Gasteiger partial charge < -0.3 is 15.4 Å². The summed E-state index contributed by atoms with van der Waals surface area (Å²) in [5.74, 6) is 1.51. The van der Waals surface area contributed by atoms with Crippen LogP contribution in [0.2, 0.25) is 0 Å². The topological polar surface area (TPSA) is 51.4 Å². The largest absolute Gasteiger partial charge is 0.492 e. The molecule has 2 N–H and O–H groups in total. The Kier molecular flexibility index (Phi) is 5.65. The van der Waals surface area contributed by atoms with Crippen LogP contribution < -0.4 is 15.4 Å². The Morgan fingerprint density at radius 2 is 2.00 bits per heavy atom. The molecule has 2 rings (SSSR count). The number of aromatic nitrogens is 1. The fraction of sp³-hybridized carbons (Fsp3) is 0.688. The van der Waals surface area contributed by atoms with Crippen LogP contribution in [-0.4, -0.2) is 30.7 Å². The predicted octanol–water partition coefficient (Wildman–Crippen LogP) is 2.82. The van der Waals surface area contributed by atoms with Gasteiger partial charge >= 0.3 is 0 Å². The van der Waals surface area contributed by atoms with Crippen LogP contribution in [-0.2, 0) is 0 Å². The average Bonchev–Trinajstić information content (AvgIpc) is 2.49. The highest BCUT2D eigenvalue weighted by Crippen LogP contribution is 2.23. The van der Waals surface area contributed by atoms with Crippen molar-refractivity contribution < 1.29 is 4.74 Å². The minimum atomic E-state index is 0.355. The van der Waals surface area contributed by atoms with Crippen LogP contribution in [0.5, 0.6) is 5.75 Å². The molecule has 0 atom stereocenters. The summed E-state index contributed by atoms with van der Waals surface area (Å²) in [6, 6.07) is 2.46. The summed E-state index contributed by atoms with van der Waals surface area (Å²) in [4.78, 5) is 6.66. The first-order valence-electron chi connectivity index (χ1n) is 7.81. The third kappa shape index (κ3) is 4.10. The van der Waals surface area contributed by atoms with Gasteiger partial charge in [-0.25, -0.2) is 0 Å². The highest BCUT2D eigenvalue weighted by molar-refractivity contribution is 5.48. The molecule has 1 saturated heterocycles. The zero-order valence-corrected chi connectivity index (χ0v) is 12.7. The third-order valence-corrected chi connectivity index (χ3v) is 4.24. The molecule has 1 aliphatic rings. The van der Waals surface area contributed by atoms with Gasteiger partial charge in [0.25, 0.3) is 0 Å². The summed E-state index contributed by atoms with van der Waals surface area (Å²) in [6.45, 7) is 7.23. The molecule has 0 aliphatic carbocycles. The van der Waals surface area contributed by atoms with Gasteiger partial charge in [0.15, 0.2) is 0 Å². The molecule has 2 heterocycles. The van der Waals surface area contributed by atoms with E-state index < -0.39 is 0 Å². The first kappa shape index (κ1) is 15.1. The van der Waals surface area contributed by atoms with Crippen LogP contribution in [0.15, 0.2) is 18.5 Å². The standard InChI is InChI=1S/C16H27N3O/c1-3-13(4-2)12-20-16-9-15(10-18-11-16)19-7-5-14(17)6-8-19/h9-11,13-14H,3-8,12,17H2,1-2H3. The van der Waals surface area contributed by atoms with Crippen molar-refractivity contribution in [2.24, 2.45) is 11.7 Å². The summed E-state index contributed by atoms with van der Waals surface area (Å²) >= 11 is 0. The highest BCUT2D eigenvalue weighted by Gasteiger charge is 2.17. The van der Waals surface area contributed by atoms with Gasteiger partial charge in [0.2, 0.25) is 0 Å². The molecule has 0 radical (unpaired) electrons. The van der Waals surface area contributed by atoms with E-state index in [0.717, 1.165) is 56.8 Å². The number of hydrogen-bond donors (Lipinski definition) is 1. The van der Waals surface area contributed by atoms with Gasteiger partial charge in [0, 0.05) is 25.2 Å². The summed E-state index contributed by atoms with van der Waals surface area (Å²) < 4.78 is 5.89. The molecule has 20 heavy (non-hydrogen) atoms. The van der Waals surface area contributed by atoms with E-state index in [0.29, 0.717) is 12.0 Å². The number of anilines is 1. The molecule has 1 aliphatic heterocycles. The fourth-order valence-electron chi connectivity index (χ4n) is 2.56. The minimum Gasteiger partial charge on any atom is -0.492 e. The number of piperidine rings is 1. The van der Waals surface area contributed by atoms with Crippen LogP contribution in [0, 0.1) is 5.92 Å². The number of rotatable bonds is 6. The maximum atomic E-state index is 5.95. The summed E-state index contributed by atoms with van der Waals surface area (Å²) in [5.41, 5.74) is 7.10. The van der Waals surface area contributed by atoms with E-state index in [9.17, 15) is 0 Å². The molecule has 0 spiro atoms. The predicted molar refractivity (Wildman–Crippen MR) is 83.2 cm³/mol. The molecular weight excluding hydrogens is 250 g/mol.